The zero-order valence-electron chi connectivity index (χ0n) is 13.2. The number of fused-ring (bicyclic) bond motifs is 1. The number of nitrogens with one attached hydrogen (secondary N) is 1. The van der Waals surface area contributed by atoms with E-state index in [1.54, 1.807) is 30.3 Å². The number of ketones is 1. The summed E-state index contributed by atoms with van der Waals surface area (Å²) in [6.07, 6.45) is -5.98. The summed E-state index contributed by atoms with van der Waals surface area (Å²) >= 11 is 0. The Morgan fingerprint density at radius 3 is 2.50 bits per heavy atom. The van der Waals surface area contributed by atoms with Gasteiger partial charge in [0.05, 0.1) is 0 Å². The predicted molar refractivity (Wildman–Crippen MR) is 82.7 cm³/mol. The summed E-state index contributed by atoms with van der Waals surface area (Å²) in [5.41, 5.74) is 0.195. The highest BCUT2D eigenvalue weighted by molar-refractivity contribution is 6.04. The highest BCUT2D eigenvalue weighted by Gasteiger charge is 2.44. The number of benzene rings is 1. The van der Waals surface area contributed by atoms with Gasteiger partial charge in [0.1, 0.15) is 18.3 Å². The van der Waals surface area contributed by atoms with Crippen LogP contribution in [0.3, 0.4) is 0 Å². The van der Waals surface area contributed by atoms with Crippen molar-refractivity contribution in [2.24, 2.45) is 0 Å². The van der Waals surface area contributed by atoms with Gasteiger partial charge in [-0.3, -0.25) is 14.2 Å². The van der Waals surface area contributed by atoms with E-state index in [0.717, 1.165) is 11.6 Å². The molecule has 3 rings (SSSR count). The van der Waals surface area contributed by atoms with Crippen molar-refractivity contribution in [3.63, 3.8) is 0 Å². The third-order valence-corrected chi connectivity index (χ3v) is 3.89. The Bertz CT molecular complexity index is 859. The van der Waals surface area contributed by atoms with Gasteiger partial charge in [0.25, 0.3) is 11.7 Å². The van der Waals surface area contributed by atoms with Crippen LogP contribution in [0.4, 0.5) is 18.0 Å². The normalized spacial score (nSPS) is 16.3. The average molecular weight is 366 g/mol. The topological polar surface area (TPSA) is 77.4 Å². The van der Waals surface area contributed by atoms with E-state index in [1.807, 2.05) is 0 Å². The minimum Gasteiger partial charge on any atom is -0.445 e. The molecule has 136 valence electrons. The summed E-state index contributed by atoms with van der Waals surface area (Å²) in [7, 11) is 0. The Morgan fingerprint density at radius 2 is 1.85 bits per heavy atom. The highest BCUT2D eigenvalue weighted by atomic mass is 19.4. The Kier molecular flexibility index (Phi) is 4.54. The van der Waals surface area contributed by atoms with Crippen molar-refractivity contribution in [1.82, 2.24) is 9.88 Å². The van der Waals surface area contributed by atoms with Crippen molar-refractivity contribution < 1.29 is 32.3 Å². The maximum Gasteiger partial charge on any atom is 0.456 e. The van der Waals surface area contributed by atoms with Gasteiger partial charge in [-0.2, -0.15) is 13.2 Å². The molecule has 9 heteroatoms. The Morgan fingerprint density at radius 1 is 1.15 bits per heavy atom. The first-order valence-electron chi connectivity index (χ1n) is 7.61. The third kappa shape index (κ3) is 3.46. The number of halogens is 3. The van der Waals surface area contributed by atoms with E-state index in [1.165, 1.54) is 6.07 Å². The van der Waals surface area contributed by atoms with Gasteiger partial charge in [-0.25, -0.2) is 4.79 Å². The summed E-state index contributed by atoms with van der Waals surface area (Å²) in [6.45, 7) is -0.0162. The van der Waals surface area contributed by atoms with E-state index < -0.39 is 35.7 Å². The molecule has 0 bridgehead atoms. The van der Waals surface area contributed by atoms with Crippen molar-refractivity contribution in [3.8, 4) is 0 Å². The predicted octanol–water partition coefficient (Wildman–Crippen LogP) is 2.72. The maximum atomic E-state index is 12.6. The lowest BCUT2D eigenvalue weighted by atomic mass is 10.2. The molecule has 2 aromatic rings. The Balaban J connectivity index is 1.64. The number of hydrogen-bond acceptors (Lipinski definition) is 4. The number of alkyl carbamates (subject to hydrolysis) is 1. The summed E-state index contributed by atoms with van der Waals surface area (Å²) in [4.78, 5) is 35.5. The molecule has 1 aromatic heterocycles. The van der Waals surface area contributed by atoms with E-state index in [4.69, 9.17) is 4.74 Å². The van der Waals surface area contributed by atoms with Gasteiger partial charge < -0.3 is 10.1 Å². The molecular formula is C17H13F3N2O4. The molecule has 6 nitrogen and oxygen atoms in total. The van der Waals surface area contributed by atoms with Crippen LogP contribution in [0.25, 0.3) is 0 Å². The molecule has 0 fully saturated rings. The molecule has 0 aliphatic carbocycles. The lowest BCUT2D eigenvalue weighted by Gasteiger charge is -2.12. The van der Waals surface area contributed by atoms with Gasteiger partial charge in [-0.1, -0.05) is 30.3 Å². The van der Waals surface area contributed by atoms with Gasteiger partial charge in [0, 0.05) is 12.1 Å². The summed E-state index contributed by atoms with van der Waals surface area (Å²) in [5, 5.41) is 2.31. The largest absolute Gasteiger partial charge is 0.456 e. The number of nitrogens with zero attached hydrogens (tertiary/aromatic N) is 1. The van der Waals surface area contributed by atoms with Crippen LogP contribution in [0.2, 0.25) is 0 Å². The fourth-order valence-electron chi connectivity index (χ4n) is 2.69. The van der Waals surface area contributed by atoms with E-state index in [0.29, 0.717) is 4.57 Å². The summed E-state index contributed by atoms with van der Waals surface area (Å²) in [6, 6.07) is 9.95. The second-order valence-electron chi connectivity index (χ2n) is 5.67. The number of aromatic nitrogens is 1. The maximum absolute atomic E-state index is 12.6. The lowest BCUT2D eigenvalue weighted by molar-refractivity contribution is -0.0889. The van der Waals surface area contributed by atoms with Crippen LogP contribution in [0.5, 0.6) is 0 Å². The lowest BCUT2D eigenvalue weighted by Crippen LogP contribution is -2.41. The number of rotatable bonds is 4. The van der Waals surface area contributed by atoms with Crippen LogP contribution in [0.1, 0.15) is 26.5 Å². The third-order valence-electron chi connectivity index (χ3n) is 3.89. The van der Waals surface area contributed by atoms with Gasteiger partial charge in [0.2, 0.25) is 0 Å². The first kappa shape index (κ1) is 17.7. The number of carbonyl (C=O) groups is 3. The first-order valence-corrected chi connectivity index (χ1v) is 7.61. The number of ether oxygens (including phenoxy) is 1. The van der Waals surface area contributed by atoms with Crippen LogP contribution in [0.15, 0.2) is 42.5 Å². The molecule has 2 heterocycles. The fourth-order valence-corrected chi connectivity index (χ4v) is 2.69. The van der Waals surface area contributed by atoms with Crippen molar-refractivity contribution in [3.05, 3.63) is 59.4 Å². The molecule has 0 saturated heterocycles. The van der Waals surface area contributed by atoms with Gasteiger partial charge in [0.15, 0.2) is 0 Å². The second kappa shape index (κ2) is 6.66. The van der Waals surface area contributed by atoms with E-state index in [2.05, 4.69) is 5.32 Å². The van der Waals surface area contributed by atoms with Crippen LogP contribution in [-0.4, -0.2) is 34.6 Å². The molecule has 1 amide bonds. The molecule has 0 spiro atoms. The number of Topliss-reactive ketones (excluding diaryl/α,β-unsaturated/α-hetero) is 1. The first-order chi connectivity index (χ1) is 12.3. The molecule has 1 aromatic carbocycles. The quantitative estimate of drug-likeness (QED) is 0.844. The van der Waals surface area contributed by atoms with Crippen LogP contribution in [-0.2, 0) is 17.8 Å². The number of amides is 1. The molecule has 1 N–H and O–H groups in total. The van der Waals surface area contributed by atoms with Gasteiger partial charge >= 0.3 is 12.3 Å². The summed E-state index contributed by atoms with van der Waals surface area (Å²) < 4.78 is 43.5. The monoisotopic (exact) mass is 366 g/mol. The Labute approximate surface area is 145 Å². The molecule has 26 heavy (non-hydrogen) atoms. The van der Waals surface area contributed by atoms with E-state index in [9.17, 15) is 27.6 Å². The molecule has 1 unspecified atom stereocenters. The van der Waals surface area contributed by atoms with Crippen molar-refractivity contribution in [2.45, 2.75) is 25.2 Å². The molecule has 0 saturated carbocycles. The number of alkyl halides is 3. The molecular weight excluding hydrogens is 353 g/mol. The number of carbonyl (C=O) groups excluding carboxylic acids is 3. The van der Waals surface area contributed by atoms with E-state index >= 15 is 0 Å². The zero-order chi connectivity index (χ0) is 18.9. The van der Waals surface area contributed by atoms with E-state index in [-0.39, 0.29) is 18.7 Å². The van der Waals surface area contributed by atoms with Crippen molar-refractivity contribution in [2.75, 3.05) is 0 Å². The van der Waals surface area contributed by atoms with Crippen molar-refractivity contribution in [1.29, 1.82) is 0 Å². The van der Waals surface area contributed by atoms with Gasteiger partial charge in [-0.15, -0.1) is 0 Å². The summed E-state index contributed by atoms with van der Waals surface area (Å²) in [5.74, 6) is -2.92. The number of hydrogen-bond donors (Lipinski definition) is 1. The minimum absolute atomic E-state index is 0.0162. The molecule has 1 aliphatic rings. The minimum atomic E-state index is -5.09. The van der Waals surface area contributed by atoms with Crippen LogP contribution < -0.4 is 5.32 Å². The fraction of sp³-hybridized carbons (Fsp3) is 0.235. The standard InChI is InChI=1S/C17H13F3N2O4/c18-17(19,20)14(23)13-7-6-11-8-12(15(24)22(11)13)21-16(25)26-9-10-4-2-1-3-5-10/h1-7,12H,8-9H2,(H,21,25). The molecule has 1 atom stereocenters. The van der Waals surface area contributed by atoms with Crippen LogP contribution in [0, 0.1) is 0 Å². The molecule has 0 radical (unpaired) electrons. The zero-order valence-corrected chi connectivity index (χ0v) is 13.2. The van der Waals surface area contributed by atoms with Crippen LogP contribution >= 0.6 is 0 Å². The van der Waals surface area contributed by atoms with Crippen molar-refractivity contribution >= 4 is 17.8 Å². The molecule has 1 aliphatic heterocycles. The van der Waals surface area contributed by atoms with Gasteiger partial charge in [-0.05, 0) is 17.7 Å². The highest BCUT2D eigenvalue weighted by Crippen LogP contribution is 2.26. The average Bonchev–Trinajstić information content (AvgIpc) is 3.13. The Hall–Kier alpha value is -3.10. The smallest absolute Gasteiger partial charge is 0.445 e. The second-order valence-corrected chi connectivity index (χ2v) is 5.67. The SMILES string of the molecule is O=C(NC1Cc2ccc(C(=O)C(F)(F)F)n2C1=O)OCc1ccccc1.